The van der Waals surface area contributed by atoms with Crippen molar-refractivity contribution < 1.29 is 23.5 Å². The van der Waals surface area contributed by atoms with Crippen LogP contribution in [0.3, 0.4) is 0 Å². The number of hydrogen-bond acceptors (Lipinski definition) is 4. The van der Waals surface area contributed by atoms with E-state index in [1.807, 2.05) is 30.3 Å². The fraction of sp³-hybridized carbons (Fsp3) is 0.263. The number of cyclic esters (lactones) is 1. The van der Waals surface area contributed by atoms with Gasteiger partial charge in [-0.25, -0.2) is 9.18 Å². The number of para-hydroxylation sites is 1. The second-order valence-electron chi connectivity index (χ2n) is 5.81. The fourth-order valence-electron chi connectivity index (χ4n) is 2.55. The monoisotopic (exact) mass is 358 g/mol. The van der Waals surface area contributed by atoms with Gasteiger partial charge in [0.05, 0.1) is 26.1 Å². The summed E-state index contributed by atoms with van der Waals surface area (Å²) < 4.78 is 23.7. The molecule has 0 saturated carbocycles. The van der Waals surface area contributed by atoms with E-state index < -0.39 is 12.2 Å². The lowest BCUT2D eigenvalue weighted by atomic mass is 10.2. The topological polar surface area (TPSA) is 67.9 Å². The first kappa shape index (κ1) is 17.7. The summed E-state index contributed by atoms with van der Waals surface area (Å²) in [4.78, 5) is 25.2. The Morgan fingerprint density at radius 2 is 1.92 bits per heavy atom. The van der Waals surface area contributed by atoms with Crippen LogP contribution in [0.4, 0.5) is 14.9 Å². The van der Waals surface area contributed by atoms with E-state index in [0.717, 1.165) is 0 Å². The van der Waals surface area contributed by atoms with Gasteiger partial charge in [-0.2, -0.15) is 0 Å². The summed E-state index contributed by atoms with van der Waals surface area (Å²) in [6.07, 6.45) is -0.758. The highest BCUT2D eigenvalue weighted by Gasteiger charge is 2.32. The number of carbonyl (C=O) groups is 2. The molecule has 3 rings (SSSR count). The van der Waals surface area contributed by atoms with E-state index in [1.54, 1.807) is 0 Å². The van der Waals surface area contributed by atoms with Crippen LogP contribution in [0.15, 0.2) is 54.6 Å². The average molecular weight is 358 g/mol. The molecule has 1 saturated heterocycles. The predicted molar refractivity (Wildman–Crippen MR) is 93.6 cm³/mol. The summed E-state index contributed by atoms with van der Waals surface area (Å²) in [6, 6.07) is 14.8. The third-order valence-electron chi connectivity index (χ3n) is 3.88. The number of halogens is 1. The van der Waals surface area contributed by atoms with E-state index in [1.165, 1.54) is 29.2 Å². The maximum atomic E-state index is 13.0. The van der Waals surface area contributed by atoms with Gasteiger partial charge < -0.3 is 14.8 Å². The van der Waals surface area contributed by atoms with Gasteiger partial charge in [-0.1, -0.05) is 18.2 Å². The van der Waals surface area contributed by atoms with Gasteiger partial charge in [0, 0.05) is 5.69 Å². The minimum absolute atomic E-state index is 0.183. The number of nitrogens with zero attached hydrogens (tertiary/aromatic N) is 1. The Morgan fingerprint density at radius 1 is 1.19 bits per heavy atom. The van der Waals surface area contributed by atoms with Crippen LogP contribution in [0.5, 0.6) is 5.75 Å². The van der Waals surface area contributed by atoms with Crippen LogP contribution < -0.4 is 15.0 Å². The van der Waals surface area contributed by atoms with Crippen molar-refractivity contribution in [3.05, 3.63) is 60.4 Å². The molecule has 26 heavy (non-hydrogen) atoms. The molecule has 2 aromatic rings. The molecule has 1 fully saturated rings. The van der Waals surface area contributed by atoms with Crippen molar-refractivity contribution >= 4 is 17.7 Å². The van der Waals surface area contributed by atoms with E-state index in [-0.39, 0.29) is 31.3 Å². The molecule has 0 spiro atoms. The summed E-state index contributed by atoms with van der Waals surface area (Å²) >= 11 is 0. The van der Waals surface area contributed by atoms with Gasteiger partial charge in [-0.05, 0) is 36.4 Å². The molecular formula is C19H19FN2O4. The van der Waals surface area contributed by atoms with Crippen LogP contribution in [0, 0.1) is 5.82 Å². The van der Waals surface area contributed by atoms with Gasteiger partial charge in [0.1, 0.15) is 17.7 Å². The molecule has 136 valence electrons. The van der Waals surface area contributed by atoms with Gasteiger partial charge in [-0.3, -0.25) is 9.69 Å². The smallest absolute Gasteiger partial charge is 0.414 e. The first-order chi connectivity index (χ1) is 12.6. The van der Waals surface area contributed by atoms with Crippen LogP contribution in [0.1, 0.15) is 6.42 Å². The predicted octanol–water partition coefficient (Wildman–Crippen LogP) is 2.74. The molecule has 6 nitrogen and oxygen atoms in total. The normalized spacial score (nSPS) is 16.3. The molecule has 2 aromatic carbocycles. The van der Waals surface area contributed by atoms with Gasteiger partial charge in [0.2, 0.25) is 5.91 Å². The second kappa shape index (κ2) is 8.33. The highest BCUT2D eigenvalue weighted by molar-refractivity contribution is 5.89. The number of rotatable bonds is 7. The molecule has 1 atom stereocenters. The zero-order valence-electron chi connectivity index (χ0n) is 14.1. The van der Waals surface area contributed by atoms with E-state index >= 15 is 0 Å². The summed E-state index contributed by atoms with van der Waals surface area (Å²) in [5.74, 6) is 0.153. The van der Waals surface area contributed by atoms with Crippen molar-refractivity contribution in [2.75, 3.05) is 24.6 Å². The Morgan fingerprint density at radius 3 is 2.65 bits per heavy atom. The van der Waals surface area contributed by atoms with Gasteiger partial charge in [0.25, 0.3) is 0 Å². The molecule has 1 unspecified atom stereocenters. The lowest BCUT2D eigenvalue weighted by Gasteiger charge is -2.13. The molecule has 1 aliphatic rings. The third kappa shape index (κ3) is 4.72. The second-order valence-corrected chi connectivity index (χ2v) is 5.81. The quantitative estimate of drug-likeness (QED) is 0.826. The van der Waals surface area contributed by atoms with Crippen LogP contribution in [-0.4, -0.2) is 37.8 Å². The Bertz CT molecular complexity index is 752. The number of benzene rings is 2. The average Bonchev–Trinajstić information content (AvgIpc) is 3.02. The van der Waals surface area contributed by atoms with E-state index in [2.05, 4.69) is 5.32 Å². The van der Waals surface area contributed by atoms with Crippen LogP contribution in [0.25, 0.3) is 0 Å². The molecule has 1 N–H and O–H groups in total. The number of carbonyl (C=O) groups excluding carboxylic acids is 2. The van der Waals surface area contributed by atoms with Crippen molar-refractivity contribution in [1.82, 2.24) is 5.32 Å². The van der Waals surface area contributed by atoms with Gasteiger partial charge >= 0.3 is 6.09 Å². The summed E-state index contributed by atoms with van der Waals surface area (Å²) in [6.45, 7) is 0.779. The Kier molecular flexibility index (Phi) is 5.68. The zero-order valence-corrected chi connectivity index (χ0v) is 14.1. The Labute approximate surface area is 150 Å². The lowest BCUT2D eigenvalue weighted by molar-refractivity contribution is -0.121. The summed E-state index contributed by atoms with van der Waals surface area (Å²) in [5.41, 5.74) is 0.557. The largest absolute Gasteiger partial charge is 0.493 e. The first-order valence-corrected chi connectivity index (χ1v) is 8.30. The maximum Gasteiger partial charge on any atom is 0.414 e. The minimum atomic E-state index is -0.511. The molecule has 1 heterocycles. The number of anilines is 1. The molecule has 7 heteroatoms. The van der Waals surface area contributed by atoms with Crippen molar-refractivity contribution in [3.8, 4) is 5.75 Å². The Hall–Kier alpha value is -3.09. The molecule has 0 aromatic heterocycles. The highest BCUT2D eigenvalue weighted by Crippen LogP contribution is 2.21. The first-order valence-electron chi connectivity index (χ1n) is 8.30. The van der Waals surface area contributed by atoms with Crippen molar-refractivity contribution in [3.63, 3.8) is 0 Å². The number of nitrogens with one attached hydrogen (secondary N) is 1. The number of ether oxygens (including phenoxy) is 2. The molecule has 0 radical (unpaired) electrons. The molecular weight excluding hydrogens is 339 g/mol. The van der Waals surface area contributed by atoms with Crippen molar-refractivity contribution in [1.29, 1.82) is 0 Å². The molecule has 0 bridgehead atoms. The van der Waals surface area contributed by atoms with Crippen molar-refractivity contribution in [2.24, 2.45) is 0 Å². The number of amides is 2. The van der Waals surface area contributed by atoms with Gasteiger partial charge in [0.15, 0.2) is 0 Å². The standard InChI is InChI=1S/C19H19FN2O4/c20-14-6-8-15(9-7-14)22-13-17(26-19(22)24)12-21-18(23)10-11-25-16-4-2-1-3-5-16/h1-9,17H,10-13H2,(H,21,23). The minimum Gasteiger partial charge on any atom is -0.493 e. The SMILES string of the molecule is O=C(CCOc1ccccc1)NCC1CN(c2ccc(F)cc2)C(=O)O1. The van der Waals surface area contributed by atoms with Crippen LogP contribution in [0.2, 0.25) is 0 Å². The summed E-state index contributed by atoms with van der Waals surface area (Å²) in [7, 11) is 0. The number of hydrogen-bond donors (Lipinski definition) is 1. The van der Waals surface area contributed by atoms with Crippen LogP contribution >= 0.6 is 0 Å². The van der Waals surface area contributed by atoms with Gasteiger partial charge in [-0.15, -0.1) is 0 Å². The fourth-order valence-corrected chi connectivity index (χ4v) is 2.55. The Balaban J connectivity index is 1.40. The maximum absolute atomic E-state index is 13.0. The van der Waals surface area contributed by atoms with E-state index in [0.29, 0.717) is 18.0 Å². The zero-order chi connectivity index (χ0) is 18.4. The van der Waals surface area contributed by atoms with Crippen LogP contribution in [-0.2, 0) is 9.53 Å². The van der Waals surface area contributed by atoms with E-state index in [9.17, 15) is 14.0 Å². The highest BCUT2D eigenvalue weighted by atomic mass is 19.1. The van der Waals surface area contributed by atoms with E-state index in [4.69, 9.17) is 9.47 Å². The molecule has 2 amide bonds. The third-order valence-corrected chi connectivity index (χ3v) is 3.88. The lowest BCUT2D eigenvalue weighted by Crippen LogP contribution is -2.35. The summed E-state index contributed by atoms with van der Waals surface area (Å²) in [5, 5.41) is 2.73. The molecule has 0 aliphatic carbocycles. The molecule has 1 aliphatic heterocycles. The van der Waals surface area contributed by atoms with Crippen molar-refractivity contribution in [2.45, 2.75) is 12.5 Å².